The van der Waals surface area contributed by atoms with Gasteiger partial charge in [0.2, 0.25) is 0 Å². The first-order valence-corrected chi connectivity index (χ1v) is 4.89. The number of carbonyl (C=O) groups is 1. The number of para-hydroxylation sites is 1. The van der Waals surface area contributed by atoms with Gasteiger partial charge in [-0.25, -0.2) is 0 Å². The van der Waals surface area contributed by atoms with E-state index in [2.05, 4.69) is 10.5 Å². The molecule has 0 unspecified atom stereocenters. The maximum Gasteiger partial charge on any atom is 0.261 e. The smallest absolute Gasteiger partial charge is 0.261 e. The predicted molar refractivity (Wildman–Crippen MR) is 58.5 cm³/mol. The van der Waals surface area contributed by atoms with Crippen molar-refractivity contribution in [1.82, 2.24) is 0 Å². The number of carbonyl (C=O) groups excluding carboxylic acids is 1. The second kappa shape index (κ2) is 3.61. The monoisotopic (exact) mass is 220 g/mol. The molecule has 0 fully saturated rings. The van der Waals surface area contributed by atoms with Crippen LogP contribution in [0.3, 0.4) is 0 Å². The van der Waals surface area contributed by atoms with Gasteiger partial charge in [0.1, 0.15) is 0 Å². The van der Waals surface area contributed by atoms with E-state index < -0.39 is 11.5 Å². The molecule has 16 heavy (non-hydrogen) atoms. The van der Waals surface area contributed by atoms with Crippen LogP contribution in [0.5, 0.6) is 0 Å². The zero-order valence-corrected chi connectivity index (χ0v) is 8.77. The summed E-state index contributed by atoms with van der Waals surface area (Å²) in [7, 11) is 0. The predicted octanol–water partition coefficient (Wildman–Crippen LogP) is 1.07. The Labute approximate surface area is 92.4 Å². The topological polar surface area (TPSA) is 81.9 Å². The Balaban J connectivity index is 2.44. The highest BCUT2D eigenvalue weighted by Gasteiger charge is 2.45. The third kappa shape index (κ3) is 1.45. The van der Waals surface area contributed by atoms with E-state index in [1.165, 1.54) is 0 Å². The van der Waals surface area contributed by atoms with Crippen LogP contribution in [0.1, 0.15) is 18.9 Å². The lowest BCUT2D eigenvalue weighted by Gasteiger charge is -2.19. The molecular weight excluding hydrogens is 208 g/mol. The Hall–Kier alpha value is -1.88. The summed E-state index contributed by atoms with van der Waals surface area (Å²) in [4.78, 5) is 11.7. The highest BCUT2D eigenvalue weighted by atomic mass is 16.4. The number of fused-ring (bicyclic) bond motifs is 1. The van der Waals surface area contributed by atoms with Gasteiger partial charge in [-0.05, 0) is 13.0 Å². The highest BCUT2D eigenvalue weighted by molar-refractivity contribution is 6.07. The fraction of sp³-hybridized carbons (Fsp3) is 0.273. The lowest BCUT2D eigenvalue weighted by atomic mass is 9.90. The molecular formula is C11H12N2O3. The summed E-state index contributed by atoms with van der Waals surface area (Å²) in [6, 6.07) is 6.92. The van der Waals surface area contributed by atoms with Crippen molar-refractivity contribution < 1.29 is 15.1 Å². The molecule has 1 amide bonds. The molecule has 2 rings (SSSR count). The van der Waals surface area contributed by atoms with Crippen molar-refractivity contribution in [3.63, 3.8) is 0 Å². The molecule has 0 saturated carbocycles. The van der Waals surface area contributed by atoms with E-state index >= 15 is 0 Å². The number of amides is 1. The lowest BCUT2D eigenvalue weighted by molar-refractivity contribution is -0.132. The molecule has 0 saturated heterocycles. The van der Waals surface area contributed by atoms with Crippen LogP contribution in [-0.4, -0.2) is 21.9 Å². The van der Waals surface area contributed by atoms with Gasteiger partial charge in [0.05, 0.1) is 5.71 Å². The van der Waals surface area contributed by atoms with Crippen molar-refractivity contribution in [2.45, 2.75) is 18.9 Å². The molecule has 1 aromatic carbocycles. The lowest BCUT2D eigenvalue weighted by Crippen LogP contribution is -2.36. The minimum Gasteiger partial charge on any atom is -0.411 e. The number of anilines is 1. The van der Waals surface area contributed by atoms with Crippen LogP contribution in [0.2, 0.25) is 0 Å². The van der Waals surface area contributed by atoms with Gasteiger partial charge in [-0.1, -0.05) is 23.4 Å². The number of hydrogen-bond donors (Lipinski definition) is 3. The molecule has 5 nitrogen and oxygen atoms in total. The standard InChI is InChI=1S/C11H12N2O3/c1-7(13-16)6-11(15)8-4-2-3-5-9(8)12-10(11)14/h2-5,15-16H,6H2,1H3,(H,12,14)/b13-7-/t11-/m1/s1. The number of nitrogens with one attached hydrogen (secondary N) is 1. The molecule has 1 aromatic rings. The fourth-order valence-electron chi connectivity index (χ4n) is 1.88. The van der Waals surface area contributed by atoms with Crippen molar-refractivity contribution in [3.8, 4) is 0 Å². The first kappa shape index (κ1) is 10.6. The van der Waals surface area contributed by atoms with Crippen molar-refractivity contribution >= 4 is 17.3 Å². The molecule has 0 radical (unpaired) electrons. The first-order chi connectivity index (χ1) is 7.58. The summed E-state index contributed by atoms with van der Waals surface area (Å²) in [6.45, 7) is 1.55. The highest BCUT2D eigenvalue weighted by Crippen LogP contribution is 2.38. The molecule has 1 aliphatic rings. The molecule has 1 heterocycles. The Morgan fingerprint density at radius 2 is 2.19 bits per heavy atom. The number of nitrogens with zero attached hydrogens (tertiary/aromatic N) is 1. The molecule has 1 aliphatic heterocycles. The Morgan fingerprint density at radius 1 is 1.50 bits per heavy atom. The van der Waals surface area contributed by atoms with Gasteiger partial charge in [-0.15, -0.1) is 0 Å². The van der Waals surface area contributed by atoms with E-state index in [4.69, 9.17) is 5.21 Å². The zero-order valence-electron chi connectivity index (χ0n) is 8.77. The van der Waals surface area contributed by atoms with E-state index in [-0.39, 0.29) is 6.42 Å². The van der Waals surface area contributed by atoms with Gasteiger partial charge in [0.25, 0.3) is 5.91 Å². The van der Waals surface area contributed by atoms with Gasteiger partial charge in [0.15, 0.2) is 5.60 Å². The molecule has 1 atom stereocenters. The number of rotatable bonds is 2. The zero-order chi connectivity index (χ0) is 11.8. The minimum atomic E-state index is -1.63. The molecule has 84 valence electrons. The Bertz CT molecular complexity index is 470. The van der Waals surface area contributed by atoms with Gasteiger partial charge >= 0.3 is 0 Å². The van der Waals surface area contributed by atoms with Crippen molar-refractivity contribution in [2.24, 2.45) is 5.16 Å². The number of aliphatic hydroxyl groups is 1. The fourth-order valence-corrected chi connectivity index (χ4v) is 1.88. The van der Waals surface area contributed by atoms with Crippen LogP contribution in [0.25, 0.3) is 0 Å². The van der Waals surface area contributed by atoms with E-state index in [0.29, 0.717) is 17.0 Å². The molecule has 3 N–H and O–H groups in total. The van der Waals surface area contributed by atoms with E-state index in [1.54, 1.807) is 31.2 Å². The average molecular weight is 220 g/mol. The summed E-state index contributed by atoms with van der Waals surface area (Å²) >= 11 is 0. The van der Waals surface area contributed by atoms with E-state index in [0.717, 1.165) is 0 Å². The normalized spacial score (nSPS) is 24.1. The molecule has 5 heteroatoms. The van der Waals surface area contributed by atoms with Crippen molar-refractivity contribution in [1.29, 1.82) is 0 Å². The van der Waals surface area contributed by atoms with Gasteiger partial charge < -0.3 is 15.6 Å². The van der Waals surface area contributed by atoms with Gasteiger partial charge in [0, 0.05) is 17.7 Å². The first-order valence-electron chi connectivity index (χ1n) is 4.89. The maximum atomic E-state index is 11.7. The third-order valence-corrected chi connectivity index (χ3v) is 2.68. The minimum absolute atomic E-state index is 0.0215. The second-order valence-electron chi connectivity index (χ2n) is 3.87. The average Bonchev–Trinajstić information content (AvgIpc) is 2.52. The van der Waals surface area contributed by atoms with E-state index in [9.17, 15) is 9.90 Å². The van der Waals surface area contributed by atoms with Gasteiger partial charge in [-0.2, -0.15) is 0 Å². The summed E-state index contributed by atoms with van der Waals surface area (Å²) < 4.78 is 0. The van der Waals surface area contributed by atoms with Gasteiger partial charge in [-0.3, -0.25) is 4.79 Å². The van der Waals surface area contributed by atoms with E-state index in [1.807, 2.05) is 0 Å². The van der Waals surface area contributed by atoms with Crippen LogP contribution >= 0.6 is 0 Å². The van der Waals surface area contributed by atoms with Crippen LogP contribution in [0.4, 0.5) is 5.69 Å². The summed E-state index contributed by atoms with van der Waals surface area (Å²) in [6.07, 6.45) is -0.0215. The van der Waals surface area contributed by atoms with Crippen molar-refractivity contribution in [2.75, 3.05) is 5.32 Å². The Morgan fingerprint density at radius 3 is 2.88 bits per heavy atom. The summed E-state index contributed by atoms with van der Waals surface area (Å²) in [5.74, 6) is -0.489. The maximum absolute atomic E-state index is 11.7. The molecule has 0 spiro atoms. The van der Waals surface area contributed by atoms with Crippen LogP contribution in [0.15, 0.2) is 29.4 Å². The number of benzene rings is 1. The number of hydrogen-bond acceptors (Lipinski definition) is 4. The number of oxime groups is 1. The third-order valence-electron chi connectivity index (χ3n) is 2.68. The van der Waals surface area contributed by atoms with Crippen LogP contribution in [0, 0.1) is 0 Å². The molecule has 0 bridgehead atoms. The van der Waals surface area contributed by atoms with Crippen LogP contribution in [-0.2, 0) is 10.4 Å². The van der Waals surface area contributed by atoms with Crippen molar-refractivity contribution in [3.05, 3.63) is 29.8 Å². The molecule has 0 aliphatic carbocycles. The Kier molecular flexibility index (Phi) is 2.40. The SMILES string of the molecule is C/C(C[C@]1(O)C(=O)Nc2ccccc21)=N/O. The quantitative estimate of drug-likeness (QED) is 0.396. The summed E-state index contributed by atoms with van der Waals surface area (Å²) in [5.41, 5.74) is -0.217. The van der Waals surface area contributed by atoms with Crippen LogP contribution < -0.4 is 5.32 Å². The molecule has 0 aromatic heterocycles. The largest absolute Gasteiger partial charge is 0.411 e. The second-order valence-corrected chi connectivity index (χ2v) is 3.87. The summed E-state index contributed by atoms with van der Waals surface area (Å²) in [5, 5.41) is 24.5.